The summed E-state index contributed by atoms with van der Waals surface area (Å²) in [5.41, 5.74) is 0.250. The van der Waals surface area contributed by atoms with Gasteiger partial charge in [-0.15, -0.1) is 0 Å². The normalized spacial score (nSPS) is 10.3. The highest BCUT2D eigenvalue weighted by Gasteiger charge is 2.11. The number of ether oxygens (including phenoxy) is 2. The molecule has 0 saturated heterocycles. The molecule has 0 aliphatic heterocycles. The number of rotatable bonds is 11. The Balaban J connectivity index is 1.61. The third-order valence-electron chi connectivity index (χ3n) is 4.26. The van der Waals surface area contributed by atoms with Crippen LogP contribution in [0.4, 0.5) is 0 Å². The maximum absolute atomic E-state index is 11.9. The lowest BCUT2D eigenvalue weighted by Gasteiger charge is -2.07. The molecule has 0 heterocycles. The van der Waals surface area contributed by atoms with Crippen LogP contribution >= 0.6 is 0 Å². The maximum atomic E-state index is 11.9. The lowest BCUT2D eigenvalue weighted by molar-refractivity contribution is -0.134. The minimum atomic E-state index is -0.578. The first-order chi connectivity index (χ1) is 14.4. The van der Waals surface area contributed by atoms with Crippen molar-refractivity contribution in [2.45, 2.75) is 32.1 Å². The first-order valence-corrected chi connectivity index (χ1v) is 9.38. The van der Waals surface area contributed by atoms with Crippen LogP contribution in [0.2, 0.25) is 0 Å². The molecular formula is C22H22O8. The molecule has 8 heteroatoms. The van der Waals surface area contributed by atoms with Gasteiger partial charge in [0.05, 0.1) is 23.3 Å². The smallest absolute Gasteiger partial charge is 0.338 e. The molecule has 0 bridgehead atoms. The molecule has 158 valence electrons. The van der Waals surface area contributed by atoms with E-state index in [9.17, 15) is 29.4 Å². The van der Waals surface area contributed by atoms with E-state index in [1.54, 1.807) is 0 Å². The molecule has 2 aromatic carbocycles. The number of benzene rings is 2. The number of hydrogen-bond donors (Lipinski definition) is 2. The topological polar surface area (TPSA) is 127 Å². The number of aromatic hydroxyl groups is 2. The van der Waals surface area contributed by atoms with Gasteiger partial charge in [0.15, 0.2) is 12.6 Å². The van der Waals surface area contributed by atoms with Crippen LogP contribution in [0.5, 0.6) is 17.2 Å². The third kappa shape index (κ3) is 6.73. The van der Waals surface area contributed by atoms with Crippen molar-refractivity contribution in [3.8, 4) is 17.2 Å². The molecule has 2 rings (SSSR count). The van der Waals surface area contributed by atoms with Crippen LogP contribution in [0, 0.1) is 0 Å². The zero-order chi connectivity index (χ0) is 21.9. The Morgan fingerprint density at radius 1 is 0.833 bits per heavy atom. The summed E-state index contributed by atoms with van der Waals surface area (Å²) in [5.74, 6) is -1.21. The van der Waals surface area contributed by atoms with Gasteiger partial charge in [-0.3, -0.25) is 14.4 Å². The Bertz CT molecular complexity index is 919. The van der Waals surface area contributed by atoms with E-state index in [-0.39, 0.29) is 47.0 Å². The fourth-order valence-corrected chi connectivity index (χ4v) is 2.62. The van der Waals surface area contributed by atoms with E-state index in [4.69, 9.17) is 9.47 Å². The van der Waals surface area contributed by atoms with E-state index in [0.29, 0.717) is 25.4 Å². The summed E-state index contributed by atoms with van der Waals surface area (Å²) in [6, 6.07) is 7.88. The molecule has 0 aromatic heterocycles. The number of phenols is 2. The molecule has 0 unspecified atom stereocenters. The van der Waals surface area contributed by atoms with Crippen LogP contribution in [0.15, 0.2) is 36.4 Å². The third-order valence-corrected chi connectivity index (χ3v) is 4.26. The number of carbonyl (C=O) groups excluding carboxylic acids is 4. The molecule has 0 aliphatic rings. The molecule has 30 heavy (non-hydrogen) atoms. The number of carbonyl (C=O) groups is 4. The molecular weight excluding hydrogens is 392 g/mol. The largest absolute Gasteiger partial charge is 0.507 e. The van der Waals surface area contributed by atoms with Crippen molar-refractivity contribution in [1.82, 2.24) is 0 Å². The van der Waals surface area contributed by atoms with Crippen molar-refractivity contribution in [3.05, 3.63) is 53.1 Å². The van der Waals surface area contributed by atoms with Gasteiger partial charge in [0.1, 0.15) is 17.2 Å². The lowest BCUT2D eigenvalue weighted by Crippen LogP contribution is -2.08. The van der Waals surface area contributed by atoms with Crippen LogP contribution in [-0.4, -0.2) is 41.3 Å². The van der Waals surface area contributed by atoms with E-state index < -0.39 is 11.9 Å². The van der Waals surface area contributed by atoms with Crippen molar-refractivity contribution in [2.24, 2.45) is 0 Å². The van der Waals surface area contributed by atoms with Crippen LogP contribution in [-0.2, 0) is 9.53 Å². The second kappa shape index (κ2) is 11.4. The first kappa shape index (κ1) is 22.6. The van der Waals surface area contributed by atoms with Crippen LogP contribution in [0.3, 0.4) is 0 Å². The molecule has 2 N–H and O–H groups in total. The molecule has 8 nitrogen and oxygen atoms in total. The molecule has 0 aliphatic carbocycles. The van der Waals surface area contributed by atoms with Gasteiger partial charge >= 0.3 is 11.9 Å². The van der Waals surface area contributed by atoms with Crippen LogP contribution in [0.25, 0.3) is 0 Å². The summed E-state index contributed by atoms with van der Waals surface area (Å²) in [7, 11) is 0. The predicted molar refractivity (Wildman–Crippen MR) is 106 cm³/mol. The highest BCUT2D eigenvalue weighted by Crippen LogP contribution is 2.22. The van der Waals surface area contributed by atoms with E-state index in [1.165, 1.54) is 36.4 Å². The number of esters is 2. The van der Waals surface area contributed by atoms with Crippen molar-refractivity contribution in [2.75, 3.05) is 6.61 Å². The molecule has 0 radical (unpaired) electrons. The summed E-state index contributed by atoms with van der Waals surface area (Å²) in [6.45, 7) is 0.197. The monoisotopic (exact) mass is 414 g/mol. The Hall–Kier alpha value is -3.68. The Morgan fingerprint density at radius 3 is 2.17 bits per heavy atom. The molecule has 0 amide bonds. The zero-order valence-corrected chi connectivity index (χ0v) is 16.2. The lowest BCUT2D eigenvalue weighted by atomic mass is 10.1. The zero-order valence-electron chi connectivity index (χ0n) is 16.2. The quantitative estimate of drug-likeness (QED) is 0.248. The highest BCUT2D eigenvalue weighted by molar-refractivity contribution is 5.92. The van der Waals surface area contributed by atoms with Crippen molar-refractivity contribution in [3.63, 3.8) is 0 Å². The summed E-state index contributed by atoms with van der Waals surface area (Å²) in [6.07, 6.45) is 3.80. The van der Waals surface area contributed by atoms with Crippen molar-refractivity contribution >= 4 is 24.5 Å². The average Bonchev–Trinajstić information content (AvgIpc) is 2.74. The predicted octanol–water partition coefficient (Wildman–Crippen LogP) is 3.44. The SMILES string of the molecule is O=Cc1cc(OC(=O)CCCCCCOC(=O)c2ccc(O)c(C=O)c2)ccc1O. The number of phenolic OH excluding ortho intramolecular Hbond substituents is 2. The van der Waals surface area contributed by atoms with Crippen LogP contribution in [0.1, 0.15) is 63.2 Å². The van der Waals surface area contributed by atoms with Gasteiger partial charge in [0.25, 0.3) is 0 Å². The molecule has 0 fully saturated rings. The standard InChI is InChI=1S/C22H22O8/c23-13-16-11-15(6-8-19(16)25)22(28)29-10-4-2-1-3-5-21(27)30-18-7-9-20(26)17(12-18)14-24/h6-9,11-14,25-26H,1-5,10H2. The van der Waals surface area contributed by atoms with Crippen LogP contribution < -0.4 is 4.74 Å². The van der Waals surface area contributed by atoms with Gasteiger partial charge in [-0.2, -0.15) is 0 Å². The first-order valence-electron chi connectivity index (χ1n) is 9.38. The summed E-state index contributed by atoms with van der Waals surface area (Å²) < 4.78 is 10.3. The van der Waals surface area contributed by atoms with E-state index >= 15 is 0 Å². The molecule has 2 aromatic rings. The van der Waals surface area contributed by atoms with Crippen molar-refractivity contribution in [1.29, 1.82) is 0 Å². The maximum Gasteiger partial charge on any atom is 0.338 e. The number of hydrogen-bond acceptors (Lipinski definition) is 8. The van der Waals surface area contributed by atoms with Crippen molar-refractivity contribution < 1.29 is 38.9 Å². The second-order valence-corrected chi connectivity index (χ2v) is 6.50. The average molecular weight is 414 g/mol. The highest BCUT2D eigenvalue weighted by atomic mass is 16.5. The molecule has 0 atom stereocenters. The fourth-order valence-electron chi connectivity index (χ4n) is 2.62. The number of aldehydes is 2. The van der Waals surface area contributed by atoms with E-state index in [2.05, 4.69) is 0 Å². The van der Waals surface area contributed by atoms with E-state index in [0.717, 1.165) is 12.8 Å². The molecule has 0 spiro atoms. The summed E-state index contributed by atoms with van der Waals surface area (Å²) >= 11 is 0. The van der Waals surface area contributed by atoms with Gasteiger partial charge in [-0.1, -0.05) is 12.8 Å². The second-order valence-electron chi connectivity index (χ2n) is 6.50. The fraction of sp³-hybridized carbons (Fsp3) is 0.273. The van der Waals surface area contributed by atoms with Gasteiger partial charge in [0.2, 0.25) is 0 Å². The minimum absolute atomic E-state index is 0.0195. The van der Waals surface area contributed by atoms with Gasteiger partial charge in [-0.05, 0) is 49.2 Å². The van der Waals surface area contributed by atoms with E-state index in [1.807, 2.05) is 0 Å². The molecule has 0 saturated carbocycles. The Kier molecular flexibility index (Phi) is 8.56. The Labute approximate surface area is 173 Å². The summed E-state index contributed by atoms with van der Waals surface area (Å²) in [5, 5.41) is 18.8. The Morgan fingerprint density at radius 2 is 1.47 bits per heavy atom. The van der Waals surface area contributed by atoms with Gasteiger partial charge in [-0.25, -0.2) is 4.79 Å². The summed E-state index contributed by atoms with van der Waals surface area (Å²) in [4.78, 5) is 45.3. The number of unbranched alkanes of at least 4 members (excludes halogenated alkanes) is 3. The van der Waals surface area contributed by atoms with Gasteiger partial charge < -0.3 is 19.7 Å². The minimum Gasteiger partial charge on any atom is -0.507 e. The van der Waals surface area contributed by atoms with Gasteiger partial charge in [0, 0.05) is 6.42 Å².